The van der Waals surface area contributed by atoms with Gasteiger partial charge in [0.05, 0.1) is 12.0 Å². The summed E-state index contributed by atoms with van der Waals surface area (Å²) in [4.78, 5) is 12.5. The van der Waals surface area contributed by atoms with E-state index in [2.05, 4.69) is 10.5 Å². The van der Waals surface area contributed by atoms with Crippen LogP contribution in [0.3, 0.4) is 0 Å². The van der Waals surface area contributed by atoms with Gasteiger partial charge in [-0.05, 0) is 30.5 Å². The van der Waals surface area contributed by atoms with Gasteiger partial charge in [0.2, 0.25) is 0 Å². The third-order valence-electron chi connectivity index (χ3n) is 1.95. The van der Waals surface area contributed by atoms with Gasteiger partial charge in [0, 0.05) is 4.88 Å². The van der Waals surface area contributed by atoms with Gasteiger partial charge >= 0.3 is 5.91 Å². The number of rotatable bonds is 3. The number of hydrogen-bond donors (Lipinski definition) is 1. The second-order valence-electron chi connectivity index (χ2n) is 3.09. The summed E-state index contributed by atoms with van der Waals surface area (Å²) in [5.74, 6) is -0.0939. The Kier molecular flexibility index (Phi) is 3.16. The lowest BCUT2D eigenvalue weighted by Crippen LogP contribution is -2.18. The van der Waals surface area contributed by atoms with E-state index < -0.39 is 0 Å². The summed E-state index contributed by atoms with van der Waals surface area (Å²) in [7, 11) is 0. The van der Waals surface area contributed by atoms with Crippen LogP contribution in [-0.4, -0.2) is 11.6 Å². The lowest BCUT2D eigenvalue weighted by molar-refractivity contribution is 0.0927. The molecule has 2 heterocycles. The highest BCUT2D eigenvalue weighted by atomic mass is 32.1. The third-order valence-corrected chi connectivity index (χ3v) is 2.93. The number of nitrogens with one attached hydrogen (secondary N) is 1. The lowest BCUT2D eigenvalue weighted by atomic mass is 10.3. The first-order valence-electron chi connectivity index (χ1n) is 4.69. The molecule has 0 bridgehead atoms. The molecule has 2 rings (SSSR count). The Hall–Kier alpha value is -1.88. The first-order valence-corrected chi connectivity index (χ1v) is 5.57. The average Bonchev–Trinajstić information content (AvgIpc) is 2.95. The summed E-state index contributed by atoms with van der Waals surface area (Å²) in [6.45, 7) is 1.84. The molecule has 0 saturated heterocycles. The lowest BCUT2D eigenvalue weighted by Gasteiger charge is -1.98. The molecule has 0 unspecified atom stereocenters. The maximum Gasteiger partial charge on any atom is 0.307 e. The van der Waals surface area contributed by atoms with Gasteiger partial charge in [-0.2, -0.15) is 5.10 Å². The van der Waals surface area contributed by atoms with Crippen molar-refractivity contribution in [2.75, 3.05) is 0 Å². The van der Waals surface area contributed by atoms with E-state index >= 15 is 0 Å². The van der Waals surface area contributed by atoms with Crippen molar-refractivity contribution in [3.8, 4) is 0 Å². The summed E-state index contributed by atoms with van der Waals surface area (Å²) in [6.07, 6.45) is 1.45. The van der Waals surface area contributed by atoms with Crippen LogP contribution in [0.1, 0.15) is 22.4 Å². The van der Waals surface area contributed by atoms with Gasteiger partial charge < -0.3 is 4.42 Å². The van der Waals surface area contributed by atoms with E-state index in [1.54, 1.807) is 23.5 Å². The average molecular weight is 234 g/mol. The summed E-state index contributed by atoms with van der Waals surface area (Å²) in [5, 5.41) is 5.95. The minimum atomic E-state index is -0.346. The van der Waals surface area contributed by atoms with Crippen LogP contribution in [0.2, 0.25) is 0 Å². The van der Waals surface area contributed by atoms with Crippen LogP contribution in [0.25, 0.3) is 0 Å². The number of carbonyl (C=O) groups excluding carboxylic acids is 1. The molecule has 4 nitrogen and oxygen atoms in total. The molecular formula is C11H10N2O2S. The highest BCUT2D eigenvalue weighted by molar-refractivity contribution is 7.12. The Morgan fingerprint density at radius 3 is 2.94 bits per heavy atom. The first kappa shape index (κ1) is 10.6. The van der Waals surface area contributed by atoms with Gasteiger partial charge in [-0.25, -0.2) is 5.43 Å². The van der Waals surface area contributed by atoms with Gasteiger partial charge in [-0.3, -0.25) is 4.79 Å². The van der Waals surface area contributed by atoms with Crippen molar-refractivity contribution in [1.82, 2.24) is 5.43 Å². The molecule has 0 aliphatic rings. The van der Waals surface area contributed by atoms with Crippen molar-refractivity contribution in [2.24, 2.45) is 5.10 Å². The normalized spacial score (nSPS) is 11.4. The fraction of sp³-hybridized carbons (Fsp3) is 0.0909. The van der Waals surface area contributed by atoms with Crippen LogP contribution in [-0.2, 0) is 0 Å². The van der Waals surface area contributed by atoms with E-state index in [1.807, 2.05) is 24.4 Å². The Morgan fingerprint density at radius 1 is 1.44 bits per heavy atom. The third kappa shape index (κ3) is 2.38. The second-order valence-corrected chi connectivity index (χ2v) is 4.04. The molecule has 0 spiro atoms. The van der Waals surface area contributed by atoms with E-state index in [4.69, 9.17) is 4.42 Å². The Morgan fingerprint density at radius 2 is 2.31 bits per heavy atom. The van der Waals surface area contributed by atoms with Gasteiger partial charge in [0.1, 0.15) is 0 Å². The maximum atomic E-state index is 11.5. The predicted octanol–water partition coefficient (Wildman–Crippen LogP) is 2.50. The zero-order chi connectivity index (χ0) is 11.4. The molecule has 0 atom stereocenters. The zero-order valence-electron chi connectivity index (χ0n) is 8.64. The SMILES string of the molecule is CC(=NNC(=O)c1ccco1)c1cccs1. The topological polar surface area (TPSA) is 54.6 Å². The monoisotopic (exact) mass is 234 g/mol. The highest BCUT2D eigenvalue weighted by Gasteiger charge is 2.07. The predicted molar refractivity (Wildman–Crippen MR) is 62.7 cm³/mol. The Balaban J connectivity index is 2.02. The summed E-state index contributed by atoms with van der Waals surface area (Å²) in [5.41, 5.74) is 3.21. The minimum absolute atomic E-state index is 0.253. The van der Waals surface area contributed by atoms with Crippen molar-refractivity contribution in [3.63, 3.8) is 0 Å². The second kappa shape index (κ2) is 4.76. The fourth-order valence-electron chi connectivity index (χ4n) is 1.14. The molecule has 0 radical (unpaired) electrons. The van der Waals surface area contributed by atoms with E-state index in [0.717, 1.165) is 10.6 Å². The summed E-state index contributed by atoms with van der Waals surface area (Å²) in [6, 6.07) is 7.13. The molecule has 0 aliphatic carbocycles. The molecule has 16 heavy (non-hydrogen) atoms. The molecule has 2 aromatic rings. The van der Waals surface area contributed by atoms with Crippen molar-refractivity contribution in [3.05, 3.63) is 46.5 Å². The van der Waals surface area contributed by atoms with E-state index in [0.29, 0.717) is 0 Å². The first-order chi connectivity index (χ1) is 7.77. The molecule has 0 aromatic carbocycles. The number of carbonyl (C=O) groups is 1. The molecule has 1 N–H and O–H groups in total. The molecule has 2 aromatic heterocycles. The smallest absolute Gasteiger partial charge is 0.307 e. The van der Waals surface area contributed by atoms with Crippen LogP contribution in [0.15, 0.2) is 45.4 Å². The van der Waals surface area contributed by atoms with E-state index in [-0.39, 0.29) is 11.7 Å². The molecule has 5 heteroatoms. The largest absolute Gasteiger partial charge is 0.459 e. The van der Waals surface area contributed by atoms with Crippen molar-refractivity contribution in [1.29, 1.82) is 0 Å². The number of nitrogens with zero attached hydrogens (tertiary/aromatic N) is 1. The van der Waals surface area contributed by atoms with Gasteiger partial charge in [0.25, 0.3) is 0 Å². The summed E-state index contributed by atoms with van der Waals surface area (Å²) >= 11 is 1.57. The molecule has 0 saturated carbocycles. The van der Waals surface area contributed by atoms with Crippen LogP contribution >= 0.6 is 11.3 Å². The molecule has 82 valence electrons. The van der Waals surface area contributed by atoms with Gasteiger partial charge in [-0.1, -0.05) is 6.07 Å². The van der Waals surface area contributed by atoms with Crippen LogP contribution in [0.4, 0.5) is 0 Å². The number of hydrazone groups is 1. The minimum Gasteiger partial charge on any atom is -0.459 e. The standard InChI is InChI=1S/C11H10N2O2S/c1-8(10-5-3-7-16-10)12-13-11(14)9-4-2-6-15-9/h2-7H,1H3,(H,13,14). The van der Waals surface area contributed by atoms with Gasteiger partial charge in [-0.15, -0.1) is 11.3 Å². The molecule has 1 amide bonds. The quantitative estimate of drug-likeness (QED) is 0.655. The summed E-state index contributed by atoms with van der Waals surface area (Å²) < 4.78 is 4.94. The fourth-order valence-corrected chi connectivity index (χ4v) is 1.81. The number of hydrogen-bond acceptors (Lipinski definition) is 4. The Labute approximate surface area is 96.6 Å². The van der Waals surface area contributed by atoms with Crippen LogP contribution in [0.5, 0.6) is 0 Å². The van der Waals surface area contributed by atoms with E-state index in [1.165, 1.54) is 6.26 Å². The highest BCUT2D eigenvalue weighted by Crippen LogP contribution is 2.09. The zero-order valence-corrected chi connectivity index (χ0v) is 9.45. The number of furan rings is 1. The number of amides is 1. The van der Waals surface area contributed by atoms with Gasteiger partial charge in [0.15, 0.2) is 5.76 Å². The van der Waals surface area contributed by atoms with Crippen molar-refractivity contribution < 1.29 is 9.21 Å². The van der Waals surface area contributed by atoms with Crippen molar-refractivity contribution in [2.45, 2.75) is 6.92 Å². The van der Waals surface area contributed by atoms with Crippen molar-refractivity contribution >= 4 is 23.0 Å². The maximum absolute atomic E-state index is 11.5. The van der Waals surface area contributed by atoms with Crippen LogP contribution < -0.4 is 5.43 Å². The van der Waals surface area contributed by atoms with Crippen LogP contribution in [0, 0.1) is 0 Å². The Bertz CT molecular complexity index is 486. The molecular weight excluding hydrogens is 224 g/mol. The van der Waals surface area contributed by atoms with E-state index in [9.17, 15) is 4.79 Å². The molecule has 0 fully saturated rings. The number of thiophene rings is 1. The molecule has 0 aliphatic heterocycles.